The van der Waals surface area contributed by atoms with E-state index in [2.05, 4.69) is 138 Å². The standard InChI is InChI=1S/C45H32N4.C4H8/c1-3-5-18-35(4-2)48-27-26-34-28-41-43-37(44(34)48)25-22-32-17-12-19-40(42(32)43)49(41)36-23-20-31(21-24-36)39-29-38(30-13-8-6-9-14-30)46-45(47-39)33-15-10-7-11-16-33;1-3-4-2/h3-29H,1H2,2H3;3-4H,1-2H3/b18-5-,35-4+;4-3-. The van der Waals surface area contributed by atoms with Gasteiger partial charge in [0.15, 0.2) is 5.82 Å². The van der Waals surface area contributed by atoms with Crippen molar-refractivity contribution in [3.05, 3.63) is 183 Å². The summed E-state index contributed by atoms with van der Waals surface area (Å²) in [5.41, 5.74) is 10.7. The minimum Gasteiger partial charge on any atom is -0.316 e. The van der Waals surface area contributed by atoms with Crippen LogP contribution in [0.1, 0.15) is 20.8 Å². The van der Waals surface area contributed by atoms with Crippen LogP contribution in [-0.4, -0.2) is 19.1 Å². The summed E-state index contributed by atoms with van der Waals surface area (Å²) in [6.07, 6.45) is 14.2. The second kappa shape index (κ2) is 14.5. The first kappa shape index (κ1) is 33.4. The maximum Gasteiger partial charge on any atom is 0.160 e. The van der Waals surface area contributed by atoms with E-state index in [0.29, 0.717) is 5.82 Å². The fraction of sp³-hybridized carbons (Fsp3) is 0.0612. The van der Waals surface area contributed by atoms with E-state index in [1.807, 2.05) is 74.5 Å². The quantitative estimate of drug-likeness (QED) is 0.0951. The SMILES string of the molecule is C/C=C\C.C=C/C=C\C(=C/C)n1ccc2cc3c4c(ccc5cccc(c54)n3-c3ccc(-c4cc(-c5ccccc5)nc(-c5ccccc5)n4)cc3)c21. The average Bonchev–Trinajstić information content (AvgIpc) is 3.81. The maximum absolute atomic E-state index is 5.06. The van der Waals surface area contributed by atoms with Crippen molar-refractivity contribution >= 4 is 49.2 Å². The van der Waals surface area contributed by atoms with Crippen molar-refractivity contribution in [2.75, 3.05) is 0 Å². The average molecular weight is 685 g/mol. The normalized spacial score (nSPS) is 12.1. The van der Waals surface area contributed by atoms with Gasteiger partial charge in [-0.05, 0) is 68.6 Å². The van der Waals surface area contributed by atoms with Crippen molar-refractivity contribution in [1.29, 1.82) is 0 Å². The molecule has 9 rings (SSSR count). The molecule has 9 aromatic rings. The zero-order valence-corrected chi connectivity index (χ0v) is 30.2. The van der Waals surface area contributed by atoms with Crippen molar-refractivity contribution < 1.29 is 0 Å². The van der Waals surface area contributed by atoms with Crippen molar-refractivity contribution in [3.63, 3.8) is 0 Å². The Labute approximate surface area is 310 Å². The molecule has 0 spiro atoms. The van der Waals surface area contributed by atoms with Crippen LogP contribution < -0.4 is 0 Å². The lowest BCUT2D eigenvalue weighted by Gasteiger charge is -2.12. The molecule has 4 heteroatoms. The predicted molar refractivity (Wildman–Crippen MR) is 227 cm³/mol. The number of rotatable bonds is 7. The second-order valence-corrected chi connectivity index (χ2v) is 12.9. The monoisotopic (exact) mass is 684 g/mol. The predicted octanol–water partition coefficient (Wildman–Crippen LogP) is 13.3. The number of benzene rings is 6. The van der Waals surface area contributed by atoms with Crippen LogP contribution in [0, 0.1) is 0 Å². The summed E-state index contributed by atoms with van der Waals surface area (Å²) in [6, 6.07) is 47.1. The molecule has 256 valence electrons. The van der Waals surface area contributed by atoms with Gasteiger partial charge in [-0.2, -0.15) is 0 Å². The first-order chi connectivity index (χ1) is 26.1. The first-order valence-corrected chi connectivity index (χ1v) is 18.1. The van der Waals surface area contributed by atoms with Crippen LogP contribution in [0.2, 0.25) is 0 Å². The Morgan fingerprint density at radius 1 is 0.604 bits per heavy atom. The summed E-state index contributed by atoms with van der Waals surface area (Å²) >= 11 is 0. The smallest absolute Gasteiger partial charge is 0.160 e. The van der Waals surface area contributed by atoms with Crippen LogP contribution in [0.15, 0.2) is 183 Å². The van der Waals surface area contributed by atoms with Crippen LogP contribution in [0.4, 0.5) is 0 Å². The van der Waals surface area contributed by atoms with Gasteiger partial charge in [-0.3, -0.25) is 0 Å². The Hall–Kier alpha value is -6.78. The molecular weight excluding hydrogens is 645 g/mol. The van der Waals surface area contributed by atoms with Gasteiger partial charge in [0.2, 0.25) is 0 Å². The van der Waals surface area contributed by atoms with Crippen molar-refractivity contribution in [1.82, 2.24) is 19.1 Å². The van der Waals surface area contributed by atoms with Crippen molar-refractivity contribution in [2.24, 2.45) is 0 Å². The molecule has 0 amide bonds. The van der Waals surface area contributed by atoms with Gasteiger partial charge >= 0.3 is 0 Å². The molecular formula is C49H40N4. The fourth-order valence-electron chi connectivity index (χ4n) is 7.21. The van der Waals surface area contributed by atoms with Crippen LogP contribution in [0.5, 0.6) is 0 Å². The van der Waals surface area contributed by atoms with E-state index in [-0.39, 0.29) is 0 Å². The highest BCUT2D eigenvalue weighted by molar-refractivity contribution is 6.29. The van der Waals surface area contributed by atoms with E-state index in [0.717, 1.165) is 39.5 Å². The zero-order valence-electron chi connectivity index (χ0n) is 30.2. The van der Waals surface area contributed by atoms with Crippen LogP contribution >= 0.6 is 0 Å². The Balaban J connectivity index is 0.000000954. The largest absolute Gasteiger partial charge is 0.316 e. The van der Waals surface area contributed by atoms with E-state index in [9.17, 15) is 0 Å². The van der Waals surface area contributed by atoms with Crippen LogP contribution in [0.25, 0.3) is 88.8 Å². The second-order valence-electron chi connectivity index (χ2n) is 12.9. The highest BCUT2D eigenvalue weighted by Gasteiger charge is 2.20. The van der Waals surface area contributed by atoms with Crippen molar-refractivity contribution in [2.45, 2.75) is 20.8 Å². The van der Waals surface area contributed by atoms with E-state index in [1.54, 1.807) is 0 Å². The number of hydrogen-bond acceptors (Lipinski definition) is 2. The van der Waals surface area contributed by atoms with Gasteiger partial charge in [0.05, 0.1) is 27.9 Å². The molecule has 3 aromatic heterocycles. The molecule has 6 aromatic carbocycles. The molecule has 3 heterocycles. The molecule has 0 atom stereocenters. The van der Waals surface area contributed by atoms with E-state index < -0.39 is 0 Å². The molecule has 0 saturated heterocycles. The summed E-state index contributed by atoms with van der Waals surface area (Å²) in [6.45, 7) is 9.95. The third-order valence-electron chi connectivity index (χ3n) is 9.79. The minimum absolute atomic E-state index is 0.714. The van der Waals surface area contributed by atoms with Gasteiger partial charge in [-0.15, -0.1) is 0 Å². The molecule has 0 aliphatic rings. The van der Waals surface area contributed by atoms with E-state index >= 15 is 0 Å². The first-order valence-electron chi connectivity index (χ1n) is 18.1. The summed E-state index contributed by atoms with van der Waals surface area (Å²) in [5, 5.41) is 6.25. The number of aromatic nitrogens is 4. The van der Waals surface area contributed by atoms with Gasteiger partial charge in [-0.1, -0.05) is 134 Å². The number of hydrogen-bond donors (Lipinski definition) is 0. The summed E-state index contributed by atoms with van der Waals surface area (Å²) in [5.74, 6) is 0.714. The summed E-state index contributed by atoms with van der Waals surface area (Å²) < 4.78 is 4.69. The molecule has 0 radical (unpaired) electrons. The Bertz CT molecular complexity index is 2730. The number of fused-ring (bicyclic) bond motifs is 2. The highest BCUT2D eigenvalue weighted by Crippen LogP contribution is 2.43. The van der Waals surface area contributed by atoms with E-state index in [4.69, 9.17) is 9.97 Å². The number of allylic oxidation sites excluding steroid dienone is 7. The molecule has 53 heavy (non-hydrogen) atoms. The maximum atomic E-state index is 5.06. The van der Waals surface area contributed by atoms with Crippen molar-refractivity contribution in [3.8, 4) is 39.6 Å². The topological polar surface area (TPSA) is 35.6 Å². The third-order valence-corrected chi connectivity index (χ3v) is 9.79. The molecule has 0 aliphatic heterocycles. The van der Waals surface area contributed by atoms with Gasteiger partial charge in [0, 0.05) is 55.8 Å². The van der Waals surface area contributed by atoms with Gasteiger partial charge < -0.3 is 9.13 Å². The molecule has 0 bridgehead atoms. The highest BCUT2D eigenvalue weighted by atomic mass is 15.0. The van der Waals surface area contributed by atoms with Gasteiger partial charge in [0.1, 0.15) is 0 Å². The summed E-state index contributed by atoms with van der Waals surface area (Å²) in [7, 11) is 0. The Kier molecular flexibility index (Phi) is 9.10. The molecule has 0 fully saturated rings. The lowest BCUT2D eigenvalue weighted by Crippen LogP contribution is -1.97. The van der Waals surface area contributed by atoms with E-state index in [1.165, 1.54) is 43.5 Å². The van der Waals surface area contributed by atoms with Crippen LogP contribution in [0.3, 0.4) is 0 Å². The van der Waals surface area contributed by atoms with Gasteiger partial charge in [0.25, 0.3) is 0 Å². The fourth-order valence-corrected chi connectivity index (χ4v) is 7.21. The molecule has 0 saturated carbocycles. The molecule has 0 unspecified atom stereocenters. The third kappa shape index (κ3) is 6.04. The number of nitrogens with zero attached hydrogens (tertiary/aromatic N) is 4. The molecule has 4 nitrogen and oxygen atoms in total. The lowest BCUT2D eigenvalue weighted by atomic mass is 10.0. The summed E-state index contributed by atoms with van der Waals surface area (Å²) in [4.78, 5) is 10.0. The molecule has 0 aliphatic carbocycles. The lowest BCUT2D eigenvalue weighted by molar-refractivity contribution is 1.17. The van der Waals surface area contributed by atoms with Crippen LogP contribution in [-0.2, 0) is 0 Å². The van der Waals surface area contributed by atoms with Gasteiger partial charge in [-0.25, -0.2) is 9.97 Å². The molecule has 0 N–H and O–H groups in total. The Morgan fingerprint density at radius 3 is 1.94 bits per heavy atom. The minimum atomic E-state index is 0.714. The Morgan fingerprint density at radius 2 is 1.28 bits per heavy atom. The zero-order chi connectivity index (χ0) is 36.3.